The Morgan fingerprint density at radius 3 is 2.49 bits per heavy atom. The topological polar surface area (TPSA) is 121 Å². The minimum absolute atomic E-state index is 0.00335. The first-order valence-electron chi connectivity index (χ1n) is 14.8. The molecule has 0 saturated heterocycles. The number of halogens is 2. The number of aliphatic hydroxyl groups excluding tert-OH is 2. The van der Waals surface area contributed by atoms with E-state index >= 15 is 0 Å². The molecule has 2 aromatic carbocycles. The van der Waals surface area contributed by atoms with E-state index < -0.39 is 23.6 Å². The fraction of sp³-hybridized carbons (Fsp3) is 0.382. The zero-order valence-corrected chi connectivity index (χ0v) is 25.7. The van der Waals surface area contributed by atoms with Gasteiger partial charge in [-0.15, -0.1) is 6.58 Å². The van der Waals surface area contributed by atoms with E-state index in [4.69, 9.17) is 19.7 Å². The van der Waals surface area contributed by atoms with Crippen LogP contribution in [0.15, 0.2) is 66.9 Å². The quantitative estimate of drug-likeness (QED) is 0.140. The lowest BCUT2D eigenvalue weighted by Gasteiger charge is -2.21. The van der Waals surface area contributed by atoms with E-state index in [1.54, 1.807) is 29.3 Å². The summed E-state index contributed by atoms with van der Waals surface area (Å²) in [6, 6.07) is 11.3. The van der Waals surface area contributed by atoms with Crippen molar-refractivity contribution in [2.24, 2.45) is 0 Å². The Morgan fingerprint density at radius 2 is 1.80 bits per heavy atom. The third-order valence-corrected chi connectivity index (χ3v) is 6.99. The Bertz CT molecular complexity index is 1450. The lowest BCUT2D eigenvalue weighted by molar-refractivity contribution is -0.144. The minimum Gasteiger partial charge on any atom is -0.486 e. The molecule has 0 spiro atoms. The van der Waals surface area contributed by atoms with Crippen LogP contribution in [0.3, 0.4) is 0 Å². The van der Waals surface area contributed by atoms with E-state index in [-0.39, 0.29) is 50.9 Å². The van der Waals surface area contributed by atoms with Crippen molar-refractivity contribution in [2.75, 3.05) is 39.5 Å². The number of rotatable bonds is 18. The van der Waals surface area contributed by atoms with Gasteiger partial charge in [-0.1, -0.05) is 17.7 Å². The van der Waals surface area contributed by atoms with Crippen molar-refractivity contribution in [3.05, 3.63) is 106 Å². The Labute approximate surface area is 262 Å². The molecule has 45 heavy (non-hydrogen) atoms. The number of carbonyl (C=O) groups excluding carboxylic acids is 2. The average Bonchev–Trinajstić information content (AvgIpc) is 3.00. The summed E-state index contributed by atoms with van der Waals surface area (Å²) in [7, 11) is 0. The normalized spacial score (nSPS) is 11.7. The van der Waals surface area contributed by atoms with Gasteiger partial charge >= 0.3 is 5.97 Å². The van der Waals surface area contributed by atoms with Crippen LogP contribution in [0.1, 0.15) is 58.5 Å². The molecule has 3 aromatic rings. The van der Waals surface area contributed by atoms with Crippen LogP contribution in [0.5, 0.6) is 5.75 Å². The van der Waals surface area contributed by atoms with Gasteiger partial charge in [0.25, 0.3) is 5.91 Å². The number of benzene rings is 2. The maximum absolute atomic E-state index is 14.1. The number of hydrogen-bond donors (Lipinski definition) is 3. The second kappa shape index (κ2) is 17.9. The molecule has 3 N–H and O–H groups in total. The summed E-state index contributed by atoms with van der Waals surface area (Å²) in [5.41, 5.74) is 3.96. The SMILES string of the molecule is C=C(C)C[C@@H](NC(=O)c1cc(COc2cc(F)ccc2F)ccc1CCC(=O)OCCN(CCO)CCO)c1ccnc(C)c1. The van der Waals surface area contributed by atoms with Gasteiger partial charge in [0.05, 0.1) is 19.3 Å². The number of aryl methyl sites for hydroxylation is 2. The van der Waals surface area contributed by atoms with Gasteiger partial charge in [-0.2, -0.15) is 0 Å². The van der Waals surface area contributed by atoms with Crippen LogP contribution >= 0.6 is 0 Å². The Kier molecular flexibility index (Phi) is 14.1. The van der Waals surface area contributed by atoms with Crippen LogP contribution in [0.25, 0.3) is 0 Å². The zero-order chi connectivity index (χ0) is 32.8. The number of esters is 1. The van der Waals surface area contributed by atoms with Crippen LogP contribution in [0.2, 0.25) is 0 Å². The molecule has 0 saturated carbocycles. The van der Waals surface area contributed by atoms with Gasteiger partial charge < -0.3 is 25.0 Å². The van der Waals surface area contributed by atoms with Crippen molar-refractivity contribution < 1.29 is 38.1 Å². The number of aliphatic hydroxyl groups is 2. The fourth-order valence-corrected chi connectivity index (χ4v) is 4.73. The molecular weight excluding hydrogens is 584 g/mol. The molecule has 1 aromatic heterocycles. The Hall–Kier alpha value is -4.19. The molecule has 0 aliphatic heterocycles. The number of pyridine rings is 1. The highest BCUT2D eigenvalue weighted by Gasteiger charge is 2.20. The summed E-state index contributed by atoms with van der Waals surface area (Å²) in [6.45, 7) is 8.62. The smallest absolute Gasteiger partial charge is 0.306 e. The molecule has 11 heteroatoms. The van der Waals surface area contributed by atoms with E-state index in [0.29, 0.717) is 42.7 Å². The standard InChI is InChI=1S/C34H41F2N3O6/c1-23(2)18-31(27-10-11-37-24(3)19-27)38-34(43)29-20-25(22-45-32-21-28(35)7-8-30(32)36)4-5-26(29)6-9-33(42)44-17-14-39(12-15-40)13-16-41/h4-5,7-8,10-11,19-21,31,40-41H,1,6,9,12-18,22H2,2-3H3,(H,38,43)/t31-/m1/s1. The summed E-state index contributed by atoms with van der Waals surface area (Å²) in [5, 5.41) is 21.4. The van der Waals surface area contributed by atoms with Gasteiger partial charge in [-0.05, 0) is 73.7 Å². The molecule has 1 atom stereocenters. The predicted octanol–water partition coefficient (Wildman–Crippen LogP) is 4.45. The summed E-state index contributed by atoms with van der Waals surface area (Å²) in [4.78, 5) is 32.4. The first-order chi connectivity index (χ1) is 21.6. The van der Waals surface area contributed by atoms with Crippen molar-refractivity contribution >= 4 is 11.9 Å². The zero-order valence-electron chi connectivity index (χ0n) is 25.7. The first-order valence-corrected chi connectivity index (χ1v) is 14.8. The summed E-state index contributed by atoms with van der Waals surface area (Å²) in [5.74, 6) is -2.45. The maximum Gasteiger partial charge on any atom is 0.306 e. The largest absolute Gasteiger partial charge is 0.486 e. The molecule has 0 fully saturated rings. The summed E-state index contributed by atoms with van der Waals surface area (Å²) < 4.78 is 38.6. The van der Waals surface area contributed by atoms with Crippen molar-refractivity contribution in [1.82, 2.24) is 15.2 Å². The highest BCUT2D eigenvalue weighted by atomic mass is 19.1. The number of aromatic nitrogens is 1. The molecule has 0 aliphatic carbocycles. The molecule has 0 bridgehead atoms. The second-order valence-corrected chi connectivity index (χ2v) is 10.8. The molecule has 9 nitrogen and oxygen atoms in total. The molecule has 3 rings (SSSR count). The molecule has 242 valence electrons. The average molecular weight is 626 g/mol. The lowest BCUT2D eigenvalue weighted by Crippen LogP contribution is -2.33. The van der Waals surface area contributed by atoms with E-state index in [0.717, 1.165) is 35.0 Å². The number of carbonyl (C=O) groups is 2. The van der Waals surface area contributed by atoms with Crippen molar-refractivity contribution in [3.8, 4) is 5.75 Å². The molecule has 0 aliphatic rings. The van der Waals surface area contributed by atoms with Gasteiger partial charge in [0.15, 0.2) is 11.6 Å². The van der Waals surface area contributed by atoms with Gasteiger partial charge in [0.1, 0.15) is 19.0 Å². The second-order valence-electron chi connectivity index (χ2n) is 10.8. The summed E-state index contributed by atoms with van der Waals surface area (Å²) >= 11 is 0. The minimum atomic E-state index is -0.712. The number of ether oxygens (including phenoxy) is 2. The lowest BCUT2D eigenvalue weighted by atomic mass is 9.97. The molecular formula is C34H41F2N3O6. The molecule has 1 heterocycles. The van der Waals surface area contributed by atoms with E-state index in [9.17, 15) is 18.4 Å². The van der Waals surface area contributed by atoms with Crippen molar-refractivity contribution in [3.63, 3.8) is 0 Å². The predicted molar refractivity (Wildman–Crippen MR) is 166 cm³/mol. The highest BCUT2D eigenvalue weighted by Crippen LogP contribution is 2.24. The van der Waals surface area contributed by atoms with Crippen LogP contribution < -0.4 is 10.1 Å². The Balaban J connectivity index is 1.79. The number of hydrogen-bond acceptors (Lipinski definition) is 8. The molecule has 0 unspecified atom stereocenters. The van der Waals surface area contributed by atoms with Gasteiger partial charge in [-0.25, -0.2) is 8.78 Å². The van der Waals surface area contributed by atoms with Crippen LogP contribution in [0, 0.1) is 18.6 Å². The van der Waals surface area contributed by atoms with Gasteiger partial charge in [-0.3, -0.25) is 19.5 Å². The third-order valence-electron chi connectivity index (χ3n) is 6.99. The molecule has 1 amide bonds. The van der Waals surface area contributed by atoms with Crippen molar-refractivity contribution in [2.45, 2.75) is 45.8 Å². The number of nitrogens with zero attached hydrogens (tertiary/aromatic N) is 2. The van der Waals surface area contributed by atoms with Crippen LogP contribution in [0.4, 0.5) is 8.78 Å². The van der Waals surface area contributed by atoms with E-state index in [2.05, 4.69) is 16.9 Å². The monoisotopic (exact) mass is 625 g/mol. The highest BCUT2D eigenvalue weighted by molar-refractivity contribution is 5.96. The summed E-state index contributed by atoms with van der Waals surface area (Å²) in [6.07, 6.45) is 2.37. The van der Waals surface area contributed by atoms with Crippen LogP contribution in [-0.2, 0) is 22.6 Å². The first kappa shape index (κ1) is 35.3. The number of amides is 1. The fourth-order valence-electron chi connectivity index (χ4n) is 4.73. The molecule has 0 radical (unpaired) electrons. The Morgan fingerprint density at radius 1 is 1.04 bits per heavy atom. The third kappa shape index (κ3) is 11.7. The van der Waals surface area contributed by atoms with Gasteiger partial charge in [0.2, 0.25) is 0 Å². The maximum atomic E-state index is 14.1. The van der Waals surface area contributed by atoms with E-state index in [1.807, 2.05) is 26.0 Å². The van der Waals surface area contributed by atoms with Crippen LogP contribution in [-0.4, -0.2) is 71.4 Å². The van der Waals surface area contributed by atoms with Gasteiger partial charge in [0, 0.05) is 49.6 Å². The number of nitrogens with one attached hydrogen (secondary N) is 1. The van der Waals surface area contributed by atoms with Crippen molar-refractivity contribution in [1.29, 1.82) is 0 Å². The van der Waals surface area contributed by atoms with E-state index in [1.165, 1.54) is 0 Å².